The number of aryl methyl sites for hydroxylation is 2. The van der Waals surface area contributed by atoms with Crippen LogP contribution in [0.4, 0.5) is 0 Å². The second kappa shape index (κ2) is 24.2. The van der Waals surface area contributed by atoms with E-state index in [0.717, 1.165) is 55.8 Å². The van der Waals surface area contributed by atoms with Crippen molar-refractivity contribution in [2.75, 3.05) is 0 Å². The van der Waals surface area contributed by atoms with Gasteiger partial charge >= 0.3 is 0 Å². The zero-order valence-corrected chi connectivity index (χ0v) is 40.6. The quantitative estimate of drug-likeness (QED) is 0.0712. The van der Waals surface area contributed by atoms with E-state index in [1.54, 1.807) is 62.9 Å². The van der Waals surface area contributed by atoms with Crippen LogP contribution in [-0.2, 0) is 68.7 Å². The summed E-state index contributed by atoms with van der Waals surface area (Å²) < 4.78 is 57.1. The van der Waals surface area contributed by atoms with Gasteiger partial charge in [0.1, 0.15) is 22.8 Å². The summed E-state index contributed by atoms with van der Waals surface area (Å²) in [5, 5.41) is 0.00536. The van der Waals surface area contributed by atoms with Gasteiger partial charge in [-0.15, -0.1) is 0 Å². The van der Waals surface area contributed by atoms with Gasteiger partial charge < -0.3 is 9.59 Å². The summed E-state index contributed by atoms with van der Waals surface area (Å²) in [6.07, 6.45) is 13.3. The second-order valence-electron chi connectivity index (χ2n) is 16.7. The molecular formula is C55H53N7O6S2. The number of Topliss-reactive ketones (excluding diaryl/α,β-unsaturated/α-hetero) is 2. The Morgan fingerprint density at radius 1 is 0.443 bits per heavy atom. The Morgan fingerprint density at radius 3 is 1.46 bits per heavy atom. The lowest BCUT2D eigenvalue weighted by molar-refractivity contribution is -0.117. The molecule has 8 aromatic rings. The Bertz CT molecular complexity index is 2970. The highest BCUT2D eigenvalue weighted by Crippen LogP contribution is 2.26. The van der Waals surface area contributed by atoms with E-state index in [9.17, 15) is 26.4 Å². The molecule has 0 atom stereocenters. The minimum atomic E-state index is -3.85. The number of benzene rings is 4. The van der Waals surface area contributed by atoms with Crippen molar-refractivity contribution in [1.82, 2.24) is 33.5 Å². The molecule has 0 fully saturated rings. The number of carbonyl (C=O) groups excluding carboxylic acids is 2. The molecule has 0 radical (unpaired) electrons. The third kappa shape index (κ3) is 14.3. The van der Waals surface area contributed by atoms with Crippen molar-refractivity contribution in [3.63, 3.8) is 0 Å². The van der Waals surface area contributed by atoms with Crippen LogP contribution in [0.15, 0.2) is 199 Å². The summed E-state index contributed by atoms with van der Waals surface area (Å²) in [6, 6.07) is 44.7. The maximum atomic E-state index is 13.6. The third-order valence-corrected chi connectivity index (χ3v) is 14.7. The predicted octanol–water partition coefficient (Wildman–Crippen LogP) is 9.51. The average Bonchev–Trinajstić information content (AvgIpc) is 3.39. The van der Waals surface area contributed by atoms with Crippen LogP contribution in [-0.4, -0.2) is 61.9 Å². The molecule has 70 heavy (non-hydrogen) atoms. The Hall–Kier alpha value is -7.43. The van der Waals surface area contributed by atoms with Crippen LogP contribution < -0.4 is 0 Å². The summed E-state index contributed by atoms with van der Waals surface area (Å²) in [6.45, 7) is 3.92. The zero-order chi connectivity index (χ0) is 49.4. The van der Waals surface area contributed by atoms with E-state index in [2.05, 4.69) is 24.9 Å². The molecule has 0 bridgehead atoms. The highest BCUT2D eigenvalue weighted by Gasteiger charge is 2.27. The molecular weight excluding hydrogens is 919 g/mol. The zero-order valence-electron chi connectivity index (χ0n) is 39.0. The molecule has 0 saturated heterocycles. The summed E-state index contributed by atoms with van der Waals surface area (Å²) in [5.41, 5.74) is 9.11. The molecule has 4 aromatic carbocycles. The highest BCUT2D eigenvalue weighted by atomic mass is 32.2. The first kappa shape index (κ1) is 50.4. The lowest BCUT2D eigenvalue weighted by atomic mass is 10.0. The summed E-state index contributed by atoms with van der Waals surface area (Å²) in [7, 11) is -7.64. The molecule has 15 heteroatoms. The van der Waals surface area contributed by atoms with E-state index in [1.165, 1.54) is 33.4 Å². The molecule has 356 valence electrons. The molecule has 0 aliphatic rings. The Labute approximate surface area is 410 Å². The van der Waals surface area contributed by atoms with Crippen molar-refractivity contribution in [1.29, 1.82) is 0 Å². The van der Waals surface area contributed by atoms with E-state index in [1.807, 2.05) is 115 Å². The van der Waals surface area contributed by atoms with Gasteiger partial charge in [0.15, 0.2) is 5.03 Å². The molecule has 0 N–H and O–H groups in total. The van der Waals surface area contributed by atoms with E-state index in [-0.39, 0.29) is 47.7 Å². The largest absolute Gasteiger partial charge is 0.300 e. The van der Waals surface area contributed by atoms with Gasteiger partial charge in [-0.05, 0) is 102 Å². The minimum Gasteiger partial charge on any atom is -0.300 e. The first-order valence-electron chi connectivity index (χ1n) is 22.6. The molecule has 8 rings (SSSR count). The second-order valence-corrected chi connectivity index (χ2v) is 20.5. The maximum absolute atomic E-state index is 13.6. The van der Waals surface area contributed by atoms with Crippen LogP contribution in [0.2, 0.25) is 0 Å². The maximum Gasteiger partial charge on any atom is 0.261 e. The number of nitrogens with zero attached hydrogens (tertiary/aromatic N) is 7. The number of hydrogen-bond acceptors (Lipinski definition) is 11. The van der Waals surface area contributed by atoms with Crippen molar-refractivity contribution >= 4 is 31.6 Å². The molecule has 0 unspecified atom stereocenters. The van der Waals surface area contributed by atoms with E-state index in [0.29, 0.717) is 25.7 Å². The van der Waals surface area contributed by atoms with Crippen molar-refractivity contribution in [3.8, 4) is 22.4 Å². The average molecular weight is 972 g/mol. The number of rotatable bonds is 20. The first-order valence-corrected chi connectivity index (χ1v) is 25.5. The number of pyridine rings is 3. The van der Waals surface area contributed by atoms with Gasteiger partial charge in [-0.3, -0.25) is 9.97 Å². The summed E-state index contributed by atoms with van der Waals surface area (Å²) in [4.78, 5) is 43.5. The van der Waals surface area contributed by atoms with Crippen molar-refractivity contribution in [2.24, 2.45) is 0 Å². The highest BCUT2D eigenvalue weighted by molar-refractivity contribution is 7.89. The Morgan fingerprint density at radius 2 is 0.957 bits per heavy atom. The fraction of sp³-hybridized carbons (Fsp3) is 0.182. The topological polar surface area (TPSA) is 173 Å². The Kier molecular flexibility index (Phi) is 17.5. The molecule has 0 aliphatic carbocycles. The van der Waals surface area contributed by atoms with Crippen molar-refractivity contribution < 1.29 is 26.4 Å². The molecule has 0 saturated carbocycles. The number of aromatic nitrogens is 5. The third-order valence-electron chi connectivity index (χ3n) is 11.2. The van der Waals surface area contributed by atoms with Gasteiger partial charge in [-0.2, -0.15) is 8.61 Å². The van der Waals surface area contributed by atoms with Gasteiger partial charge in [-0.25, -0.2) is 31.8 Å². The fourth-order valence-corrected chi connectivity index (χ4v) is 10.2. The minimum absolute atomic E-state index is 0.00536. The lowest BCUT2D eigenvalue weighted by Crippen LogP contribution is -2.31. The predicted molar refractivity (Wildman–Crippen MR) is 269 cm³/mol. The van der Waals surface area contributed by atoms with Gasteiger partial charge in [0.2, 0.25) is 10.0 Å². The number of hydrogen-bond donors (Lipinski definition) is 0. The molecule has 0 amide bonds. The number of sulfonamides is 2. The molecule has 4 heterocycles. The van der Waals surface area contributed by atoms with Gasteiger partial charge in [0.25, 0.3) is 10.0 Å². The van der Waals surface area contributed by atoms with Crippen LogP contribution in [0, 0.1) is 0 Å². The van der Waals surface area contributed by atoms with E-state index < -0.39 is 20.0 Å². The van der Waals surface area contributed by atoms with Crippen molar-refractivity contribution in [2.45, 2.75) is 75.6 Å². The van der Waals surface area contributed by atoms with Gasteiger partial charge in [0, 0.05) is 87.3 Å². The SMILES string of the molecule is CC(=O)CCc1cccc(CN(Cc2ccc(-c3ccccn3)cc2)S(=O)(=O)c2cccnc2)c1.CC(=O)CCc1cccc(CN(Cc2ccc(-c3cncnc3)cc2)S(=O)(=O)c2ccccn2)c1. The van der Waals surface area contributed by atoms with Crippen LogP contribution in [0.1, 0.15) is 60.1 Å². The van der Waals surface area contributed by atoms with Crippen LogP contribution in [0.3, 0.4) is 0 Å². The molecule has 4 aromatic heterocycles. The van der Waals surface area contributed by atoms with Gasteiger partial charge in [0.05, 0.1) is 5.69 Å². The lowest BCUT2D eigenvalue weighted by Gasteiger charge is -2.23. The number of ketones is 2. The first-order chi connectivity index (χ1) is 33.8. The normalized spacial score (nSPS) is 11.5. The summed E-state index contributed by atoms with van der Waals surface area (Å²) in [5.74, 6) is 0.255. The van der Waals surface area contributed by atoms with Gasteiger partial charge in [-0.1, -0.05) is 109 Å². The van der Waals surface area contributed by atoms with Crippen LogP contribution >= 0.6 is 0 Å². The standard InChI is InChI=1S/C28H27N3O3S.C27H26N4O3S/c1-22(32)10-11-23-6-4-7-25(18-23)21-31(35(33,34)27-8-5-16-29-19-27)20-24-12-14-26(15-13-24)28-9-2-3-17-30-28;1-21(32)8-9-22-5-4-6-24(15-22)19-31(35(33,34)27-7-2-3-14-30-27)18-23-10-12-25(13-11-23)26-16-28-20-29-17-26/h2-9,12-19H,10-11,20-21H2,1H3;2-7,10-17,20H,8-9,18-19H2,1H3. The van der Waals surface area contributed by atoms with E-state index in [4.69, 9.17) is 0 Å². The fourth-order valence-electron chi connectivity index (χ4n) is 7.52. The van der Waals surface area contributed by atoms with E-state index >= 15 is 0 Å². The summed E-state index contributed by atoms with van der Waals surface area (Å²) >= 11 is 0. The smallest absolute Gasteiger partial charge is 0.261 e. The monoisotopic (exact) mass is 971 g/mol. The Balaban J connectivity index is 0.000000206. The van der Waals surface area contributed by atoms with Crippen LogP contribution in [0.25, 0.3) is 22.4 Å². The van der Waals surface area contributed by atoms with Crippen LogP contribution in [0.5, 0.6) is 0 Å². The van der Waals surface area contributed by atoms with Crippen molar-refractivity contribution in [3.05, 3.63) is 222 Å². The molecule has 13 nitrogen and oxygen atoms in total. The molecule has 0 spiro atoms. The number of carbonyl (C=O) groups is 2. The molecule has 0 aliphatic heterocycles.